The van der Waals surface area contributed by atoms with Crippen LogP contribution in [0.25, 0.3) is 0 Å². The number of piperazine rings is 1. The van der Waals surface area contributed by atoms with Gasteiger partial charge in [0.05, 0.1) is 13.5 Å². The highest BCUT2D eigenvalue weighted by Gasteiger charge is 2.38. The van der Waals surface area contributed by atoms with E-state index in [2.05, 4.69) is 9.64 Å². The van der Waals surface area contributed by atoms with Crippen LogP contribution in [0.5, 0.6) is 0 Å². The highest BCUT2D eigenvalue weighted by molar-refractivity contribution is 5.90. The summed E-state index contributed by atoms with van der Waals surface area (Å²) in [6.45, 7) is 5.47. The lowest BCUT2D eigenvalue weighted by molar-refractivity contribution is -0.149. The van der Waals surface area contributed by atoms with Crippen LogP contribution in [0.15, 0.2) is 0 Å². The third-order valence-electron chi connectivity index (χ3n) is 4.76. The van der Waals surface area contributed by atoms with Gasteiger partial charge in [-0.3, -0.25) is 14.4 Å². The number of carbonyl (C=O) groups excluding carboxylic acids is 3. The Morgan fingerprint density at radius 1 is 1.13 bits per heavy atom. The first-order chi connectivity index (χ1) is 10.9. The summed E-state index contributed by atoms with van der Waals surface area (Å²) in [5.74, 6) is -0.926. The predicted molar refractivity (Wildman–Crippen MR) is 84.6 cm³/mol. The van der Waals surface area contributed by atoms with E-state index in [1.165, 1.54) is 7.11 Å². The zero-order valence-electron chi connectivity index (χ0n) is 14.3. The number of rotatable bonds is 4. The van der Waals surface area contributed by atoms with Crippen LogP contribution in [-0.2, 0) is 19.1 Å². The summed E-state index contributed by atoms with van der Waals surface area (Å²) in [7, 11) is 3.36. The molecule has 0 aliphatic carbocycles. The third kappa shape index (κ3) is 4.22. The number of likely N-dealkylation sites (tertiary alicyclic amines) is 1. The number of amides is 2. The van der Waals surface area contributed by atoms with Crippen LogP contribution in [0.2, 0.25) is 0 Å². The van der Waals surface area contributed by atoms with Crippen LogP contribution >= 0.6 is 0 Å². The molecule has 0 aromatic rings. The van der Waals surface area contributed by atoms with Crippen molar-refractivity contribution in [1.29, 1.82) is 0 Å². The van der Waals surface area contributed by atoms with Crippen molar-refractivity contribution in [2.24, 2.45) is 5.92 Å². The molecule has 2 atom stereocenters. The van der Waals surface area contributed by atoms with E-state index < -0.39 is 11.9 Å². The Hall–Kier alpha value is -1.63. The lowest BCUT2D eigenvalue weighted by Gasteiger charge is -2.36. The quantitative estimate of drug-likeness (QED) is 0.678. The Bertz CT molecular complexity index is 460. The Kier molecular flexibility index (Phi) is 5.98. The third-order valence-corrected chi connectivity index (χ3v) is 4.76. The van der Waals surface area contributed by atoms with Crippen molar-refractivity contribution in [3.8, 4) is 0 Å². The first-order valence-corrected chi connectivity index (χ1v) is 8.28. The molecule has 0 spiro atoms. The van der Waals surface area contributed by atoms with Gasteiger partial charge in [-0.05, 0) is 19.9 Å². The summed E-state index contributed by atoms with van der Waals surface area (Å²) < 4.78 is 4.62. The first-order valence-electron chi connectivity index (χ1n) is 8.28. The molecule has 0 aromatic heterocycles. The Morgan fingerprint density at radius 2 is 1.78 bits per heavy atom. The average Bonchev–Trinajstić information content (AvgIpc) is 3.03. The molecule has 2 aliphatic rings. The van der Waals surface area contributed by atoms with Crippen LogP contribution < -0.4 is 0 Å². The van der Waals surface area contributed by atoms with Crippen molar-refractivity contribution >= 4 is 17.8 Å². The summed E-state index contributed by atoms with van der Waals surface area (Å²) in [6, 6.07) is -0.369. The number of likely N-dealkylation sites (N-methyl/N-ethyl adjacent to an activating group) is 1. The van der Waals surface area contributed by atoms with Gasteiger partial charge in [0.25, 0.3) is 0 Å². The first kappa shape index (κ1) is 17.7. The molecule has 0 radical (unpaired) electrons. The zero-order chi connectivity index (χ0) is 17.0. The molecule has 0 N–H and O–H groups in total. The normalized spacial score (nSPS) is 23.7. The van der Waals surface area contributed by atoms with Crippen molar-refractivity contribution in [2.45, 2.75) is 32.2 Å². The maximum Gasteiger partial charge on any atom is 0.306 e. The minimum Gasteiger partial charge on any atom is -0.469 e. The molecule has 0 unspecified atom stereocenters. The molecule has 23 heavy (non-hydrogen) atoms. The minimum absolute atomic E-state index is 0.0502. The smallest absolute Gasteiger partial charge is 0.306 e. The average molecular weight is 325 g/mol. The lowest BCUT2D eigenvalue weighted by atomic mass is 10.1. The molecule has 7 nitrogen and oxygen atoms in total. The molecular formula is C16H27N3O4. The minimum atomic E-state index is -0.455. The second-order valence-electron chi connectivity index (χ2n) is 6.50. The van der Waals surface area contributed by atoms with Crippen molar-refractivity contribution in [3.05, 3.63) is 0 Å². The van der Waals surface area contributed by atoms with Gasteiger partial charge in [-0.2, -0.15) is 0 Å². The second kappa shape index (κ2) is 7.77. The van der Waals surface area contributed by atoms with Gasteiger partial charge in [-0.1, -0.05) is 6.92 Å². The molecular weight excluding hydrogens is 298 g/mol. The van der Waals surface area contributed by atoms with Crippen LogP contribution in [0.4, 0.5) is 0 Å². The molecule has 0 aromatic carbocycles. The Labute approximate surface area is 137 Å². The standard InChI is InChI=1S/C16H27N3O4/c1-12(11-14(20)23-3)15(21)19-6-4-5-13(19)16(22)18-9-7-17(2)8-10-18/h12-13H,4-11H2,1-3H3/t12-,13-/m0/s1. The van der Waals surface area contributed by atoms with Gasteiger partial charge in [-0.25, -0.2) is 0 Å². The second-order valence-corrected chi connectivity index (χ2v) is 6.50. The van der Waals surface area contributed by atoms with E-state index in [4.69, 9.17) is 0 Å². The molecule has 2 fully saturated rings. The monoisotopic (exact) mass is 325 g/mol. The van der Waals surface area contributed by atoms with E-state index in [1.807, 2.05) is 11.9 Å². The van der Waals surface area contributed by atoms with Crippen molar-refractivity contribution in [2.75, 3.05) is 46.9 Å². The number of ether oxygens (including phenoxy) is 1. The fourth-order valence-electron chi connectivity index (χ4n) is 3.23. The summed E-state index contributed by atoms with van der Waals surface area (Å²) in [5, 5.41) is 0. The summed E-state index contributed by atoms with van der Waals surface area (Å²) in [5.41, 5.74) is 0. The number of carbonyl (C=O) groups is 3. The van der Waals surface area contributed by atoms with Gasteiger partial charge in [0.15, 0.2) is 0 Å². The van der Waals surface area contributed by atoms with E-state index in [0.29, 0.717) is 26.1 Å². The SMILES string of the molecule is COC(=O)C[C@H](C)C(=O)N1CCC[C@H]1C(=O)N1CCN(C)CC1. The van der Waals surface area contributed by atoms with Crippen molar-refractivity contribution in [3.63, 3.8) is 0 Å². The maximum absolute atomic E-state index is 12.7. The molecule has 130 valence electrons. The van der Waals surface area contributed by atoms with Crippen LogP contribution in [-0.4, -0.2) is 85.4 Å². The van der Waals surface area contributed by atoms with Gasteiger partial charge in [0, 0.05) is 38.6 Å². The van der Waals surface area contributed by atoms with E-state index in [0.717, 1.165) is 19.5 Å². The van der Waals surface area contributed by atoms with Crippen molar-refractivity contribution in [1.82, 2.24) is 14.7 Å². The fourth-order valence-corrected chi connectivity index (χ4v) is 3.23. The Balaban J connectivity index is 1.97. The van der Waals surface area contributed by atoms with Crippen LogP contribution in [0.1, 0.15) is 26.2 Å². The number of methoxy groups -OCH3 is 1. The number of hydrogen-bond donors (Lipinski definition) is 0. The molecule has 2 saturated heterocycles. The number of esters is 1. The molecule has 2 amide bonds. The van der Waals surface area contributed by atoms with Gasteiger partial charge in [0.2, 0.25) is 11.8 Å². The Morgan fingerprint density at radius 3 is 2.39 bits per heavy atom. The predicted octanol–water partition coefficient (Wildman–Crippen LogP) is -0.0494. The van der Waals surface area contributed by atoms with E-state index >= 15 is 0 Å². The highest BCUT2D eigenvalue weighted by atomic mass is 16.5. The van der Waals surface area contributed by atoms with Gasteiger partial charge in [0.1, 0.15) is 6.04 Å². The van der Waals surface area contributed by atoms with Gasteiger partial charge >= 0.3 is 5.97 Å². The fraction of sp³-hybridized carbons (Fsp3) is 0.812. The van der Waals surface area contributed by atoms with E-state index in [1.54, 1.807) is 11.8 Å². The molecule has 7 heteroatoms. The van der Waals surface area contributed by atoms with Crippen molar-refractivity contribution < 1.29 is 19.1 Å². The maximum atomic E-state index is 12.7. The number of nitrogens with zero attached hydrogens (tertiary/aromatic N) is 3. The summed E-state index contributed by atoms with van der Waals surface area (Å²) in [4.78, 5) is 42.4. The number of hydrogen-bond acceptors (Lipinski definition) is 5. The molecule has 2 rings (SSSR count). The lowest BCUT2D eigenvalue weighted by Crippen LogP contribution is -2.54. The summed E-state index contributed by atoms with van der Waals surface area (Å²) >= 11 is 0. The zero-order valence-corrected chi connectivity index (χ0v) is 14.3. The van der Waals surface area contributed by atoms with Crippen LogP contribution in [0.3, 0.4) is 0 Å². The summed E-state index contributed by atoms with van der Waals surface area (Å²) in [6.07, 6.45) is 1.60. The van der Waals surface area contributed by atoms with Gasteiger partial charge < -0.3 is 19.4 Å². The largest absolute Gasteiger partial charge is 0.469 e. The molecule has 2 aliphatic heterocycles. The highest BCUT2D eigenvalue weighted by Crippen LogP contribution is 2.23. The van der Waals surface area contributed by atoms with Gasteiger partial charge in [-0.15, -0.1) is 0 Å². The molecule has 2 heterocycles. The molecule has 0 saturated carbocycles. The van der Waals surface area contributed by atoms with Crippen LogP contribution in [0, 0.1) is 5.92 Å². The topological polar surface area (TPSA) is 70.2 Å². The van der Waals surface area contributed by atoms with E-state index in [9.17, 15) is 14.4 Å². The van der Waals surface area contributed by atoms with E-state index in [-0.39, 0.29) is 24.3 Å². The molecule has 0 bridgehead atoms.